The number of unbranched alkanes of at least 4 members (excludes halogenated alkanes) is 1. The maximum Gasteiger partial charge on any atom is 0.0796 e. The van der Waals surface area contributed by atoms with Crippen LogP contribution in [0.15, 0.2) is 6.20 Å². The molecule has 0 fully saturated rings. The zero-order valence-electron chi connectivity index (χ0n) is 6.95. The van der Waals surface area contributed by atoms with Crippen molar-refractivity contribution in [2.75, 3.05) is 6.54 Å². The Hall–Kier alpha value is -0.900. The van der Waals surface area contributed by atoms with Crippen LogP contribution in [0.1, 0.15) is 18.5 Å². The third-order valence-electron chi connectivity index (χ3n) is 1.54. The highest BCUT2D eigenvalue weighted by Gasteiger charge is 1.94. The van der Waals surface area contributed by atoms with Gasteiger partial charge in [0.15, 0.2) is 0 Å². The van der Waals surface area contributed by atoms with Crippen LogP contribution in [0.3, 0.4) is 0 Å². The molecule has 62 valence electrons. The molecule has 1 heterocycles. The van der Waals surface area contributed by atoms with Gasteiger partial charge >= 0.3 is 0 Å². The van der Waals surface area contributed by atoms with E-state index in [1.807, 2.05) is 17.8 Å². The predicted octanol–water partition coefficient (Wildman–Crippen LogP) is -0.391. The van der Waals surface area contributed by atoms with Gasteiger partial charge in [0.25, 0.3) is 0 Å². The van der Waals surface area contributed by atoms with Crippen LogP contribution in [0.2, 0.25) is 0 Å². The first-order chi connectivity index (χ1) is 5.33. The lowest BCUT2D eigenvalue weighted by Crippen LogP contribution is -2.50. The standard InChI is InChI=1S/C7H14N4/c1-7-6-11(10-9-7)5-3-2-4-8/h6H,2-5,8H2,1H3/p+1. The van der Waals surface area contributed by atoms with Crippen molar-refractivity contribution in [3.05, 3.63) is 11.9 Å². The molecule has 0 unspecified atom stereocenters. The van der Waals surface area contributed by atoms with Crippen molar-refractivity contribution in [3.63, 3.8) is 0 Å². The molecule has 0 aromatic carbocycles. The quantitative estimate of drug-likeness (QED) is 0.602. The van der Waals surface area contributed by atoms with Gasteiger partial charge in [0, 0.05) is 12.7 Å². The topological polar surface area (TPSA) is 58.4 Å². The number of hydrogen-bond donors (Lipinski definition) is 1. The Morgan fingerprint density at radius 3 is 2.91 bits per heavy atom. The highest BCUT2D eigenvalue weighted by atomic mass is 15.4. The fourth-order valence-corrected chi connectivity index (χ4v) is 0.955. The maximum atomic E-state index is 3.93. The third kappa shape index (κ3) is 2.67. The fraction of sp³-hybridized carbons (Fsp3) is 0.714. The van der Waals surface area contributed by atoms with Gasteiger partial charge in [-0.1, -0.05) is 5.21 Å². The number of hydrogen-bond acceptors (Lipinski definition) is 2. The number of quaternary nitrogens is 1. The molecule has 0 atom stereocenters. The van der Waals surface area contributed by atoms with Crippen LogP contribution in [-0.2, 0) is 6.54 Å². The molecule has 1 rings (SSSR count). The van der Waals surface area contributed by atoms with Crippen molar-refractivity contribution in [2.45, 2.75) is 26.3 Å². The highest BCUT2D eigenvalue weighted by Crippen LogP contribution is 1.93. The molecule has 4 heteroatoms. The Morgan fingerprint density at radius 2 is 2.36 bits per heavy atom. The minimum Gasteiger partial charge on any atom is -0.358 e. The fourth-order valence-electron chi connectivity index (χ4n) is 0.955. The van der Waals surface area contributed by atoms with Crippen molar-refractivity contribution in [2.24, 2.45) is 0 Å². The summed E-state index contributed by atoms with van der Waals surface area (Å²) < 4.78 is 1.88. The lowest BCUT2D eigenvalue weighted by Gasteiger charge is -1.95. The van der Waals surface area contributed by atoms with Crippen molar-refractivity contribution >= 4 is 0 Å². The summed E-state index contributed by atoms with van der Waals surface area (Å²) in [4.78, 5) is 0. The second kappa shape index (κ2) is 4.08. The number of aryl methyl sites for hydroxylation is 2. The molecule has 0 radical (unpaired) electrons. The van der Waals surface area contributed by atoms with E-state index in [1.54, 1.807) is 0 Å². The molecule has 0 bridgehead atoms. The van der Waals surface area contributed by atoms with E-state index in [4.69, 9.17) is 0 Å². The van der Waals surface area contributed by atoms with Gasteiger partial charge in [-0.15, -0.1) is 5.10 Å². The highest BCUT2D eigenvalue weighted by molar-refractivity contribution is 4.86. The van der Waals surface area contributed by atoms with Crippen LogP contribution >= 0.6 is 0 Å². The van der Waals surface area contributed by atoms with Gasteiger partial charge in [-0.3, -0.25) is 4.68 Å². The summed E-state index contributed by atoms with van der Waals surface area (Å²) in [5.74, 6) is 0. The Labute approximate surface area is 66.4 Å². The maximum absolute atomic E-state index is 3.93. The van der Waals surface area contributed by atoms with Gasteiger partial charge in [-0.05, 0) is 19.8 Å². The van der Waals surface area contributed by atoms with Crippen LogP contribution in [0, 0.1) is 6.92 Å². The molecule has 0 spiro atoms. The molecule has 1 aromatic rings. The first-order valence-corrected chi connectivity index (χ1v) is 3.99. The summed E-state index contributed by atoms with van der Waals surface area (Å²) in [6.07, 6.45) is 4.27. The van der Waals surface area contributed by atoms with Crippen LogP contribution in [0.5, 0.6) is 0 Å². The smallest absolute Gasteiger partial charge is 0.0796 e. The molecule has 0 amide bonds. The lowest BCUT2D eigenvalue weighted by molar-refractivity contribution is -0.368. The van der Waals surface area contributed by atoms with Gasteiger partial charge in [-0.25, -0.2) is 0 Å². The Morgan fingerprint density at radius 1 is 1.55 bits per heavy atom. The minimum absolute atomic E-state index is 0.969. The number of rotatable bonds is 4. The molecule has 0 saturated heterocycles. The monoisotopic (exact) mass is 155 g/mol. The van der Waals surface area contributed by atoms with E-state index in [-0.39, 0.29) is 0 Å². The van der Waals surface area contributed by atoms with E-state index in [9.17, 15) is 0 Å². The molecule has 11 heavy (non-hydrogen) atoms. The van der Waals surface area contributed by atoms with Gasteiger partial charge in [0.1, 0.15) is 0 Å². The Balaban J connectivity index is 2.27. The summed E-state index contributed by atoms with van der Waals surface area (Å²) in [5, 5.41) is 7.83. The molecule has 0 aliphatic heterocycles. The van der Waals surface area contributed by atoms with Crippen molar-refractivity contribution in [1.82, 2.24) is 15.0 Å². The molecule has 1 aromatic heterocycles. The molecule has 3 N–H and O–H groups in total. The molecular formula is C7H15N4+. The number of nitrogens with zero attached hydrogens (tertiary/aromatic N) is 3. The predicted molar refractivity (Wildman–Crippen MR) is 41.7 cm³/mol. The zero-order valence-corrected chi connectivity index (χ0v) is 6.95. The summed E-state index contributed by atoms with van der Waals surface area (Å²) in [5.41, 5.74) is 4.76. The normalized spacial score (nSPS) is 10.4. The van der Waals surface area contributed by atoms with Crippen molar-refractivity contribution < 1.29 is 5.73 Å². The van der Waals surface area contributed by atoms with Crippen LogP contribution in [0.25, 0.3) is 0 Å². The van der Waals surface area contributed by atoms with E-state index in [1.165, 1.54) is 6.42 Å². The van der Waals surface area contributed by atoms with Crippen molar-refractivity contribution in [3.8, 4) is 0 Å². The van der Waals surface area contributed by atoms with E-state index >= 15 is 0 Å². The molecule has 0 aliphatic carbocycles. The summed E-state index contributed by atoms with van der Waals surface area (Å²) in [7, 11) is 0. The van der Waals surface area contributed by atoms with Gasteiger partial charge in [0.05, 0.1) is 12.2 Å². The first-order valence-electron chi connectivity index (χ1n) is 3.99. The molecule has 4 nitrogen and oxygen atoms in total. The van der Waals surface area contributed by atoms with Gasteiger partial charge in [-0.2, -0.15) is 0 Å². The van der Waals surface area contributed by atoms with E-state index in [0.717, 1.165) is 25.2 Å². The Kier molecular flexibility index (Phi) is 3.04. The summed E-state index contributed by atoms with van der Waals surface area (Å²) in [6.45, 7) is 3.93. The second-order valence-corrected chi connectivity index (χ2v) is 2.68. The zero-order chi connectivity index (χ0) is 8.10. The average Bonchev–Trinajstić information content (AvgIpc) is 2.37. The van der Waals surface area contributed by atoms with Crippen LogP contribution in [0.4, 0.5) is 0 Å². The lowest BCUT2D eigenvalue weighted by atomic mass is 10.3. The van der Waals surface area contributed by atoms with E-state index < -0.39 is 0 Å². The molecule has 0 aliphatic rings. The minimum atomic E-state index is 0.969. The third-order valence-corrected chi connectivity index (χ3v) is 1.54. The van der Waals surface area contributed by atoms with Crippen molar-refractivity contribution in [1.29, 1.82) is 0 Å². The van der Waals surface area contributed by atoms with Crippen LogP contribution < -0.4 is 5.73 Å². The Bertz CT molecular complexity index is 206. The van der Waals surface area contributed by atoms with Crippen LogP contribution in [-0.4, -0.2) is 21.5 Å². The van der Waals surface area contributed by atoms with Gasteiger partial charge < -0.3 is 5.73 Å². The average molecular weight is 155 g/mol. The molecular weight excluding hydrogens is 140 g/mol. The first kappa shape index (κ1) is 8.20. The summed E-state index contributed by atoms with van der Waals surface area (Å²) >= 11 is 0. The van der Waals surface area contributed by atoms with E-state index in [2.05, 4.69) is 16.0 Å². The largest absolute Gasteiger partial charge is 0.358 e. The molecule has 0 saturated carbocycles. The summed E-state index contributed by atoms with van der Waals surface area (Å²) in [6, 6.07) is 0. The number of aromatic nitrogens is 3. The second-order valence-electron chi connectivity index (χ2n) is 2.68. The van der Waals surface area contributed by atoms with Gasteiger partial charge in [0.2, 0.25) is 0 Å². The SMILES string of the molecule is Cc1cn(CCCC[NH3+])nn1. The van der Waals surface area contributed by atoms with E-state index in [0.29, 0.717) is 0 Å².